The van der Waals surface area contributed by atoms with Gasteiger partial charge in [-0.25, -0.2) is 0 Å². The number of aromatic hydroxyl groups is 1. The van der Waals surface area contributed by atoms with Crippen LogP contribution >= 0.6 is 0 Å². The number of likely N-dealkylation sites (tertiary alicyclic amines) is 1. The van der Waals surface area contributed by atoms with Crippen LogP contribution in [0.1, 0.15) is 47.3 Å². The van der Waals surface area contributed by atoms with Crippen molar-refractivity contribution in [2.75, 3.05) is 20.2 Å². The molecule has 1 aliphatic rings. The van der Waals surface area contributed by atoms with Crippen LogP contribution in [0.3, 0.4) is 0 Å². The number of oxime groups is 1. The van der Waals surface area contributed by atoms with Crippen LogP contribution in [0.15, 0.2) is 71.9 Å². The zero-order valence-electron chi connectivity index (χ0n) is 22.2. The number of hydrogen-bond donors (Lipinski definition) is 2. The van der Waals surface area contributed by atoms with E-state index in [4.69, 9.17) is 4.84 Å². The van der Waals surface area contributed by atoms with Gasteiger partial charge in [-0.3, -0.25) is 9.59 Å². The van der Waals surface area contributed by atoms with Gasteiger partial charge in [0.05, 0.1) is 12.3 Å². The van der Waals surface area contributed by atoms with E-state index in [9.17, 15) is 14.7 Å². The summed E-state index contributed by atoms with van der Waals surface area (Å²) in [6.45, 7) is 4.96. The lowest BCUT2D eigenvalue weighted by Crippen LogP contribution is -2.46. The standard InChI is InChI=1S/C31H35N3O4/c1-4-22-7-6-8-23(5-2)29(22)24-11-13-25(14-12-24)31(37)34-20-26(33-38-3)19-28(34)30(36)32-18-17-21-9-15-27(35)16-10-21/h6-16,28,35H,4-5,17-20H2,1-3H3,(H,32,36)/t28-/m0/s1. The summed E-state index contributed by atoms with van der Waals surface area (Å²) in [4.78, 5) is 33.2. The predicted octanol–water partition coefficient (Wildman–Crippen LogP) is 4.76. The smallest absolute Gasteiger partial charge is 0.254 e. The number of phenolic OH excluding ortho intramolecular Hbond substituents is 1. The van der Waals surface area contributed by atoms with E-state index in [2.05, 4.69) is 42.5 Å². The Bertz CT molecular complexity index is 1280. The maximum atomic E-state index is 13.6. The van der Waals surface area contributed by atoms with Crippen LogP contribution < -0.4 is 5.32 Å². The topological polar surface area (TPSA) is 91.2 Å². The summed E-state index contributed by atoms with van der Waals surface area (Å²) in [5, 5.41) is 16.4. The van der Waals surface area contributed by atoms with E-state index in [0.717, 1.165) is 24.0 Å². The highest BCUT2D eigenvalue weighted by molar-refractivity contribution is 6.05. The molecule has 0 unspecified atom stereocenters. The number of nitrogens with zero attached hydrogens (tertiary/aromatic N) is 2. The first-order chi connectivity index (χ1) is 18.4. The Morgan fingerprint density at radius 1 is 1.00 bits per heavy atom. The molecular weight excluding hydrogens is 478 g/mol. The van der Waals surface area contributed by atoms with Gasteiger partial charge in [0.25, 0.3) is 5.91 Å². The SMILES string of the molecule is CCc1cccc(CC)c1-c1ccc(C(=O)N2CC(=NOC)C[C@H]2C(=O)NCCc2ccc(O)cc2)cc1. The highest BCUT2D eigenvalue weighted by Crippen LogP contribution is 2.30. The predicted molar refractivity (Wildman–Crippen MR) is 149 cm³/mol. The average Bonchev–Trinajstić information content (AvgIpc) is 3.37. The normalized spacial score (nSPS) is 16.0. The second kappa shape index (κ2) is 12.4. The summed E-state index contributed by atoms with van der Waals surface area (Å²) in [6.07, 6.45) is 2.81. The zero-order valence-corrected chi connectivity index (χ0v) is 22.2. The van der Waals surface area contributed by atoms with Gasteiger partial charge in [0.1, 0.15) is 18.9 Å². The molecule has 0 radical (unpaired) electrons. The van der Waals surface area contributed by atoms with Crippen molar-refractivity contribution in [2.45, 2.75) is 45.6 Å². The van der Waals surface area contributed by atoms with Crippen molar-refractivity contribution in [3.63, 3.8) is 0 Å². The summed E-state index contributed by atoms with van der Waals surface area (Å²) in [5.74, 6) is -0.230. The van der Waals surface area contributed by atoms with Crippen LogP contribution in [0.2, 0.25) is 0 Å². The molecule has 1 heterocycles. The lowest BCUT2D eigenvalue weighted by Gasteiger charge is -2.23. The van der Waals surface area contributed by atoms with E-state index < -0.39 is 6.04 Å². The summed E-state index contributed by atoms with van der Waals surface area (Å²) >= 11 is 0. The second-order valence-electron chi connectivity index (χ2n) is 9.44. The van der Waals surface area contributed by atoms with Crippen molar-refractivity contribution in [1.82, 2.24) is 10.2 Å². The Morgan fingerprint density at radius 2 is 1.66 bits per heavy atom. The van der Waals surface area contributed by atoms with Gasteiger partial charge in [-0.15, -0.1) is 0 Å². The van der Waals surface area contributed by atoms with Crippen LogP contribution in [0.4, 0.5) is 0 Å². The highest BCUT2D eigenvalue weighted by Gasteiger charge is 2.38. The fourth-order valence-electron chi connectivity index (χ4n) is 5.02. The van der Waals surface area contributed by atoms with Gasteiger partial charge in [0.2, 0.25) is 5.91 Å². The van der Waals surface area contributed by atoms with E-state index in [1.165, 1.54) is 23.8 Å². The monoisotopic (exact) mass is 513 g/mol. The third-order valence-electron chi connectivity index (χ3n) is 7.01. The molecule has 1 aliphatic heterocycles. The minimum absolute atomic E-state index is 0.205. The molecule has 0 aliphatic carbocycles. The Balaban J connectivity index is 1.50. The number of nitrogens with one attached hydrogen (secondary N) is 1. The van der Waals surface area contributed by atoms with Crippen molar-refractivity contribution in [3.05, 3.63) is 89.0 Å². The van der Waals surface area contributed by atoms with Gasteiger partial charge in [-0.05, 0) is 71.3 Å². The third kappa shape index (κ3) is 6.05. The number of rotatable bonds is 9. The average molecular weight is 514 g/mol. The van der Waals surface area contributed by atoms with E-state index in [1.54, 1.807) is 17.0 Å². The Kier molecular flexibility index (Phi) is 8.79. The van der Waals surface area contributed by atoms with Gasteiger partial charge in [-0.1, -0.05) is 61.5 Å². The van der Waals surface area contributed by atoms with Crippen molar-refractivity contribution >= 4 is 17.5 Å². The number of phenols is 1. The molecule has 0 spiro atoms. The van der Waals surface area contributed by atoms with Crippen molar-refractivity contribution in [3.8, 4) is 16.9 Å². The quantitative estimate of drug-likeness (QED) is 0.404. The van der Waals surface area contributed by atoms with Crippen molar-refractivity contribution in [2.24, 2.45) is 5.16 Å². The van der Waals surface area contributed by atoms with Crippen LogP contribution in [0.25, 0.3) is 11.1 Å². The minimum atomic E-state index is -0.664. The molecule has 198 valence electrons. The Labute approximate surface area is 224 Å². The van der Waals surface area contributed by atoms with Gasteiger partial charge in [-0.2, -0.15) is 0 Å². The number of benzene rings is 3. The number of carbonyl (C=O) groups excluding carboxylic acids is 2. The van der Waals surface area contributed by atoms with Crippen LogP contribution in [-0.4, -0.2) is 53.8 Å². The third-order valence-corrected chi connectivity index (χ3v) is 7.01. The van der Waals surface area contributed by atoms with Gasteiger partial charge in [0, 0.05) is 18.5 Å². The number of carbonyl (C=O) groups is 2. The molecule has 2 amide bonds. The maximum absolute atomic E-state index is 13.6. The first-order valence-electron chi connectivity index (χ1n) is 13.1. The van der Waals surface area contributed by atoms with Crippen molar-refractivity contribution in [1.29, 1.82) is 0 Å². The minimum Gasteiger partial charge on any atom is -0.508 e. The van der Waals surface area contributed by atoms with Crippen LogP contribution in [0.5, 0.6) is 5.75 Å². The highest BCUT2D eigenvalue weighted by atomic mass is 16.6. The first kappa shape index (κ1) is 26.9. The van der Waals surface area contributed by atoms with Crippen LogP contribution in [-0.2, 0) is 28.9 Å². The fourth-order valence-corrected chi connectivity index (χ4v) is 5.02. The maximum Gasteiger partial charge on any atom is 0.254 e. The lowest BCUT2D eigenvalue weighted by atomic mass is 9.91. The largest absolute Gasteiger partial charge is 0.508 e. The molecule has 0 saturated carbocycles. The lowest BCUT2D eigenvalue weighted by molar-refractivity contribution is -0.124. The van der Waals surface area contributed by atoms with Gasteiger partial charge >= 0.3 is 0 Å². The molecule has 0 bridgehead atoms. The molecule has 4 rings (SSSR count). The van der Waals surface area contributed by atoms with Gasteiger partial charge < -0.3 is 20.2 Å². The number of aryl methyl sites for hydroxylation is 2. The molecule has 1 saturated heterocycles. The second-order valence-corrected chi connectivity index (χ2v) is 9.44. The molecule has 3 aromatic carbocycles. The Hall–Kier alpha value is -4.13. The molecule has 7 heteroatoms. The molecule has 2 N–H and O–H groups in total. The van der Waals surface area contributed by atoms with Gasteiger partial charge in [0.15, 0.2) is 0 Å². The summed E-state index contributed by atoms with van der Waals surface area (Å²) in [5.41, 5.74) is 7.07. The number of amides is 2. The van der Waals surface area contributed by atoms with Crippen LogP contribution in [0, 0.1) is 0 Å². The van der Waals surface area contributed by atoms with E-state index in [1.807, 2.05) is 36.4 Å². The molecule has 3 aromatic rings. The molecule has 1 fully saturated rings. The molecule has 38 heavy (non-hydrogen) atoms. The Morgan fingerprint density at radius 3 is 2.26 bits per heavy atom. The fraction of sp³-hybridized carbons (Fsp3) is 0.323. The summed E-state index contributed by atoms with van der Waals surface area (Å²) in [7, 11) is 1.46. The zero-order chi connectivity index (χ0) is 27.1. The first-order valence-corrected chi connectivity index (χ1v) is 13.1. The molecule has 7 nitrogen and oxygen atoms in total. The van der Waals surface area contributed by atoms with Crippen molar-refractivity contribution < 1.29 is 19.5 Å². The van der Waals surface area contributed by atoms with E-state index in [-0.39, 0.29) is 24.1 Å². The molecular formula is C31H35N3O4. The summed E-state index contributed by atoms with van der Waals surface area (Å²) in [6, 6.07) is 20.3. The van der Waals surface area contributed by atoms with E-state index >= 15 is 0 Å². The van der Waals surface area contributed by atoms with E-state index in [0.29, 0.717) is 30.7 Å². The summed E-state index contributed by atoms with van der Waals surface area (Å²) < 4.78 is 0. The number of hydrogen-bond acceptors (Lipinski definition) is 5. The molecule has 1 atom stereocenters. The molecule has 0 aromatic heterocycles.